The average molecular weight is 562 g/mol. The highest BCUT2D eigenvalue weighted by Gasteiger charge is 2.33. The second kappa shape index (κ2) is 12.3. The third kappa shape index (κ3) is 7.01. The number of nitrogens with one attached hydrogen (secondary N) is 2. The van der Waals surface area contributed by atoms with E-state index in [1.165, 1.54) is 51.4 Å². The van der Waals surface area contributed by atoms with E-state index >= 15 is 0 Å². The Balaban J connectivity index is 1.13. The molecule has 2 aromatic heterocycles. The number of anilines is 1. The number of pyridine rings is 1. The van der Waals surface area contributed by atoms with Crippen molar-refractivity contribution in [3.05, 3.63) is 41.5 Å². The van der Waals surface area contributed by atoms with Gasteiger partial charge in [-0.25, -0.2) is 4.98 Å². The number of hydrogen-bond donors (Lipinski definition) is 3. The number of carbonyl (C=O) groups is 2. The topological polar surface area (TPSA) is 118 Å². The maximum Gasteiger partial charge on any atom is 0.433 e. The number of nitrogens with two attached hydrogens (primary N) is 1. The fourth-order valence-electron chi connectivity index (χ4n) is 6.51. The van der Waals surface area contributed by atoms with E-state index in [0.717, 1.165) is 62.7 Å². The number of nitrogens with zero attached hydrogens (tertiary/aromatic N) is 4. The minimum absolute atomic E-state index is 0.0635. The van der Waals surface area contributed by atoms with Crippen LogP contribution in [0.2, 0.25) is 0 Å². The lowest BCUT2D eigenvalue weighted by Gasteiger charge is -2.36. The van der Waals surface area contributed by atoms with Crippen LogP contribution >= 0.6 is 0 Å². The van der Waals surface area contributed by atoms with Crippen molar-refractivity contribution in [1.29, 1.82) is 0 Å². The molecule has 4 N–H and O–H groups in total. The molecule has 40 heavy (non-hydrogen) atoms. The highest BCUT2D eigenvalue weighted by molar-refractivity contribution is 6.07. The van der Waals surface area contributed by atoms with E-state index in [1.54, 1.807) is 10.9 Å². The monoisotopic (exact) mass is 561 g/mol. The second-order valence-electron chi connectivity index (χ2n) is 11.6. The zero-order valence-corrected chi connectivity index (χ0v) is 22.6. The fourth-order valence-corrected chi connectivity index (χ4v) is 6.51. The molecule has 0 radical (unpaired) electrons. The molecular formula is C28H38F3N7O2. The molecule has 5 rings (SSSR count). The standard InChI is InChI=1S/C28H38F3N7O2/c29-28(30,31)24-3-1-2-22(34-24)27(40)35-23-17-38(36-25(23)26(32)39)21-6-4-18(5-7-21)14-19-9-12-37(13-10-19)16-20-8-11-33-15-20/h1-3,17-21,33H,4-16H2,(H2,32,39)(H,35,40). The maximum atomic E-state index is 13.0. The van der Waals surface area contributed by atoms with E-state index in [0.29, 0.717) is 5.92 Å². The summed E-state index contributed by atoms with van der Waals surface area (Å²) in [5.41, 5.74) is 3.86. The van der Waals surface area contributed by atoms with Crippen LogP contribution in [0, 0.1) is 17.8 Å². The Kier molecular flexibility index (Phi) is 8.74. The van der Waals surface area contributed by atoms with Crippen LogP contribution in [-0.4, -0.2) is 64.2 Å². The van der Waals surface area contributed by atoms with Gasteiger partial charge < -0.3 is 21.3 Å². The number of carbonyl (C=O) groups excluding carboxylic acids is 2. The van der Waals surface area contributed by atoms with Crippen molar-refractivity contribution < 1.29 is 22.8 Å². The summed E-state index contributed by atoms with van der Waals surface area (Å²) in [6.07, 6.45) is 5.90. The number of primary amides is 1. The Hall–Kier alpha value is -2.99. The van der Waals surface area contributed by atoms with Gasteiger partial charge in [-0.15, -0.1) is 0 Å². The quantitative estimate of drug-likeness (QED) is 0.447. The molecule has 2 aromatic rings. The van der Waals surface area contributed by atoms with E-state index in [4.69, 9.17) is 5.73 Å². The Morgan fingerprint density at radius 2 is 1.75 bits per heavy atom. The first kappa shape index (κ1) is 28.5. The van der Waals surface area contributed by atoms with Crippen molar-refractivity contribution >= 4 is 17.5 Å². The van der Waals surface area contributed by atoms with Crippen LogP contribution in [-0.2, 0) is 6.18 Å². The molecule has 3 aliphatic rings. The number of likely N-dealkylation sites (tertiary alicyclic amines) is 1. The summed E-state index contributed by atoms with van der Waals surface area (Å²) in [4.78, 5) is 30.7. The zero-order valence-electron chi connectivity index (χ0n) is 22.6. The minimum atomic E-state index is -4.68. The van der Waals surface area contributed by atoms with Gasteiger partial charge in [0.25, 0.3) is 11.8 Å². The summed E-state index contributed by atoms with van der Waals surface area (Å²) < 4.78 is 40.7. The molecule has 2 saturated heterocycles. The van der Waals surface area contributed by atoms with Crippen molar-refractivity contribution in [2.75, 3.05) is 38.0 Å². The largest absolute Gasteiger partial charge is 0.433 e. The van der Waals surface area contributed by atoms with Gasteiger partial charge in [0, 0.05) is 12.7 Å². The summed E-state index contributed by atoms with van der Waals surface area (Å²) in [6.45, 7) is 5.93. The lowest BCUT2D eigenvalue weighted by atomic mass is 9.78. The average Bonchev–Trinajstić information content (AvgIpc) is 3.60. The van der Waals surface area contributed by atoms with E-state index in [1.807, 2.05) is 0 Å². The normalized spacial score (nSPS) is 24.7. The number of aromatic nitrogens is 3. The molecule has 4 heterocycles. The Labute approximate surface area is 232 Å². The van der Waals surface area contributed by atoms with Crippen LogP contribution in [0.4, 0.5) is 18.9 Å². The third-order valence-corrected chi connectivity index (χ3v) is 8.73. The number of rotatable bonds is 8. The van der Waals surface area contributed by atoms with Crippen LogP contribution in [0.5, 0.6) is 0 Å². The van der Waals surface area contributed by atoms with Crippen LogP contribution in [0.25, 0.3) is 0 Å². The summed E-state index contributed by atoms with van der Waals surface area (Å²) in [5.74, 6) is 0.550. The molecule has 2 aliphatic heterocycles. The van der Waals surface area contributed by atoms with Gasteiger partial charge in [-0.1, -0.05) is 6.07 Å². The van der Waals surface area contributed by atoms with Gasteiger partial charge in [0.05, 0.1) is 11.7 Å². The highest BCUT2D eigenvalue weighted by Crippen LogP contribution is 2.38. The molecule has 9 nitrogen and oxygen atoms in total. The van der Waals surface area contributed by atoms with E-state index in [2.05, 4.69) is 25.6 Å². The molecule has 1 saturated carbocycles. The van der Waals surface area contributed by atoms with Gasteiger partial charge in [0.15, 0.2) is 5.69 Å². The van der Waals surface area contributed by atoms with Crippen LogP contribution in [0.15, 0.2) is 24.4 Å². The molecule has 0 bridgehead atoms. The minimum Gasteiger partial charge on any atom is -0.364 e. The predicted molar refractivity (Wildman–Crippen MR) is 144 cm³/mol. The van der Waals surface area contributed by atoms with Gasteiger partial charge in [-0.2, -0.15) is 18.3 Å². The van der Waals surface area contributed by atoms with E-state index in [-0.39, 0.29) is 17.4 Å². The maximum absolute atomic E-state index is 13.0. The van der Waals surface area contributed by atoms with Gasteiger partial charge in [-0.05, 0) is 107 Å². The molecule has 2 amide bonds. The first-order valence-corrected chi connectivity index (χ1v) is 14.3. The molecule has 0 spiro atoms. The van der Waals surface area contributed by atoms with Gasteiger partial charge in [0.2, 0.25) is 0 Å². The number of piperidine rings is 1. The van der Waals surface area contributed by atoms with E-state index < -0.39 is 29.4 Å². The highest BCUT2D eigenvalue weighted by atomic mass is 19.4. The summed E-state index contributed by atoms with van der Waals surface area (Å²) in [7, 11) is 0. The predicted octanol–water partition coefficient (Wildman–Crippen LogP) is 4.09. The van der Waals surface area contributed by atoms with Crippen molar-refractivity contribution in [3.8, 4) is 0 Å². The molecule has 12 heteroatoms. The third-order valence-electron chi connectivity index (χ3n) is 8.73. The van der Waals surface area contributed by atoms with E-state index in [9.17, 15) is 22.8 Å². The van der Waals surface area contributed by atoms with Crippen LogP contribution < -0.4 is 16.4 Å². The number of hydrogen-bond acceptors (Lipinski definition) is 6. The second-order valence-corrected chi connectivity index (χ2v) is 11.6. The van der Waals surface area contributed by atoms with Crippen LogP contribution in [0.1, 0.15) is 84.1 Å². The molecule has 1 aliphatic carbocycles. The number of amides is 2. The summed E-state index contributed by atoms with van der Waals surface area (Å²) in [6, 6.07) is 3.14. The SMILES string of the molecule is NC(=O)c1nn(C2CCC(CC3CCN(CC4CCNC4)CC3)CC2)cc1NC(=O)c1cccc(C(F)(F)F)n1. The molecule has 1 unspecified atom stereocenters. The van der Waals surface area contributed by atoms with Crippen molar-refractivity contribution in [2.45, 2.75) is 63.6 Å². The van der Waals surface area contributed by atoms with Crippen molar-refractivity contribution in [3.63, 3.8) is 0 Å². The molecule has 0 aromatic carbocycles. The fraction of sp³-hybridized carbons (Fsp3) is 0.643. The molecular weight excluding hydrogens is 523 g/mol. The van der Waals surface area contributed by atoms with Gasteiger partial charge >= 0.3 is 6.18 Å². The summed E-state index contributed by atoms with van der Waals surface area (Å²) >= 11 is 0. The van der Waals surface area contributed by atoms with Crippen LogP contribution in [0.3, 0.4) is 0 Å². The van der Waals surface area contributed by atoms with Gasteiger partial charge in [0.1, 0.15) is 11.4 Å². The van der Waals surface area contributed by atoms with Crippen molar-refractivity contribution in [2.24, 2.45) is 23.5 Å². The molecule has 3 fully saturated rings. The lowest BCUT2D eigenvalue weighted by molar-refractivity contribution is -0.141. The Bertz CT molecular complexity index is 1180. The van der Waals surface area contributed by atoms with Crippen molar-refractivity contribution in [1.82, 2.24) is 25.0 Å². The zero-order chi connectivity index (χ0) is 28.3. The van der Waals surface area contributed by atoms with Gasteiger partial charge in [-0.3, -0.25) is 14.3 Å². The first-order chi connectivity index (χ1) is 19.2. The first-order valence-electron chi connectivity index (χ1n) is 14.3. The molecule has 1 atom stereocenters. The summed E-state index contributed by atoms with van der Waals surface area (Å²) in [5, 5.41) is 10.3. The number of alkyl halides is 3. The Morgan fingerprint density at radius 1 is 1.02 bits per heavy atom. The molecule has 218 valence electrons. The number of halogens is 3. The smallest absolute Gasteiger partial charge is 0.364 e. The Morgan fingerprint density at radius 3 is 2.40 bits per heavy atom. The lowest BCUT2D eigenvalue weighted by Crippen LogP contribution is -2.38.